The molecule has 1 aliphatic carbocycles. The summed E-state index contributed by atoms with van der Waals surface area (Å²) in [5, 5.41) is 34.6. The monoisotopic (exact) mass is 1250 g/mol. The quantitative estimate of drug-likeness (QED) is 0.0875. The number of aliphatic hydroxyl groups excluding tert-OH is 2. The lowest BCUT2D eigenvalue weighted by Crippen LogP contribution is -2.61. The lowest BCUT2D eigenvalue weighted by atomic mass is 9.80. The van der Waals surface area contributed by atoms with E-state index in [2.05, 4.69) is 9.80 Å². The van der Waals surface area contributed by atoms with Crippen LogP contribution in [0.2, 0.25) is 0 Å². The number of hydrogen-bond donors (Lipinski definition) is 4. The summed E-state index contributed by atoms with van der Waals surface area (Å²) in [5.74, 6) is -8.43. The summed E-state index contributed by atoms with van der Waals surface area (Å²) in [6.45, 7) is 17.0. The van der Waals surface area contributed by atoms with E-state index < -0.39 is 114 Å². The van der Waals surface area contributed by atoms with E-state index in [1.54, 1.807) is 53.2 Å². The molecule has 5 N–H and O–H groups in total. The minimum absolute atomic E-state index is 0.0147. The SMILES string of the molecule is COCCOCCN1CCN(c2ncc3c(n2)CCN(C(=O)O[C@@H]2CC[C@@H](C[C@@H](N)[C@@H]4CC(=O)[C@H](C)/C=C(\C)[C@@H](O)[C@@H](O)C(=O)[C@H](C)C[C@H](C)/C=C/C=C/C=C(\C)[C@@H](OC)C[C@@H]5CC[C@@H](C)[C@@](O)(O5)C(=O)C(=O)N5CCCC[C@H]5C(=O)O4)C[C@H]2OC)C3)CC1. The van der Waals surface area contributed by atoms with Crippen LogP contribution in [0.25, 0.3) is 0 Å². The van der Waals surface area contributed by atoms with Crippen molar-refractivity contribution in [2.75, 3.05) is 91.9 Å². The van der Waals surface area contributed by atoms with Gasteiger partial charge in [0.25, 0.3) is 11.7 Å². The zero-order chi connectivity index (χ0) is 64.5. The van der Waals surface area contributed by atoms with Crippen LogP contribution in [0.1, 0.15) is 130 Å². The number of fused-ring (bicyclic) bond motifs is 4. The van der Waals surface area contributed by atoms with Crippen LogP contribution in [0.5, 0.6) is 0 Å². The highest BCUT2D eigenvalue weighted by atomic mass is 16.6. The van der Waals surface area contributed by atoms with Crippen LogP contribution in [0, 0.1) is 29.6 Å². The van der Waals surface area contributed by atoms with Crippen LogP contribution in [0.4, 0.5) is 10.7 Å². The Balaban J connectivity index is 1.04. The van der Waals surface area contributed by atoms with Gasteiger partial charge in [0, 0.05) is 122 Å². The van der Waals surface area contributed by atoms with Gasteiger partial charge in [0.15, 0.2) is 5.78 Å². The van der Waals surface area contributed by atoms with Crippen molar-refractivity contribution >= 4 is 41.3 Å². The third-order valence-electron chi connectivity index (χ3n) is 19.0. The number of rotatable bonds is 13. The van der Waals surface area contributed by atoms with Crippen molar-refractivity contribution in [2.24, 2.45) is 35.3 Å². The maximum absolute atomic E-state index is 14.7. The molecule has 23 nitrogen and oxygen atoms in total. The first-order valence-electron chi connectivity index (χ1n) is 32.3. The summed E-state index contributed by atoms with van der Waals surface area (Å²) in [6, 6.07) is -2.20. The predicted molar refractivity (Wildman–Crippen MR) is 331 cm³/mol. The zero-order valence-corrected chi connectivity index (χ0v) is 54.0. The molecule has 496 valence electrons. The van der Waals surface area contributed by atoms with Gasteiger partial charge >= 0.3 is 12.1 Å². The smallest absolute Gasteiger partial charge is 0.410 e. The Morgan fingerprint density at radius 3 is 2.33 bits per heavy atom. The van der Waals surface area contributed by atoms with E-state index in [4.69, 9.17) is 48.9 Å². The molecule has 1 aromatic rings. The summed E-state index contributed by atoms with van der Waals surface area (Å²) < 4.78 is 41.2. The van der Waals surface area contributed by atoms with Crippen molar-refractivity contribution in [1.82, 2.24) is 24.7 Å². The van der Waals surface area contributed by atoms with E-state index in [-0.39, 0.29) is 49.6 Å². The minimum Gasteiger partial charge on any atom is -0.459 e. The third kappa shape index (κ3) is 19.1. The third-order valence-corrected chi connectivity index (χ3v) is 19.0. The van der Waals surface area contributed by atoms with Crippen molar-refractivity contribution in [1.29, 1.82) is 0 Å². The van der Waals surface area contributed by atoms with Gasteiger partial charge in [-0.05, 0) is 101 Å². The number of Topliss-reactive ketones (excluding diaryl/α,β-unsaturated/α-hetero) is 3. The van der Waals surface area contributed by atoms with Crippen molar-refractivity contribution in [3.63, 3.8) is 0 Å². The van der Waals surface area contributed by atoms with Crippen LogP contribution < -0.4 is 10.6 Å². The number of esters is 1. The number of aliphatic hydroxyl groups is 3. The molecule has 15 atom stereocenters. The second-order valence-electron chi connectivity index (χ2n) is 25.7. The average Bonchev–Trinajstić information content (AvgIpc) is 1.03. The molecule has 89 heavy (non-hydrogen) atoms. The highest BCUT2D eigenvalue weighted by Gasteiger charge is 2.53. The van der Waals surface area contributed by atoms with Crippen LogP contribution in [-0.2, 0) is 70.1 Å². The predicted octanol–water partition coefficient (Wildman–Crippen LogP) is 5.00. The molecule has 6 aliphatic rings. The number of cyclic esters (lactones) is 1. The van der Waals surface area contributed by atoms with E-state index in [0.717, 1.165) is 54.5 Å². The molecule has 0 aromatic carbocycles. The molecule has 23 heteroatoms. The molecule has 1 saturated carbocycles. The van der Waals surface area contributed by atoms with Gasteiger partial charge in [-0.25, -0.2) is 19.6 Å². The standard InChI is InChI=1S/C66H101N7O16/c1-41-15-11-10-12-16-42(2)55(84-8)37-49-20-18-46(6)66(82,89-49)61(78)62(79)73-23-14-13-17-52(73)63(80)87-56(38-53(74)43(3)34-45(5)59(76)60(77)58(75)44(4)33-41)50(67)35-47-19-21-54(57(36-47)85-9)88-65(81)72-24-22-51-48(40-72)39-68-64(69-51)71-27-25-70(26-28-71)29-30-86-32-31-83-7/h10-12,15-16,34,39,41,43-44,46-47,49-50,52,54-57,59-60,76-77,82H,13-14,17-33,35-38,40,67H2,1-9H3/b12-10+,15-11+,42-16+,45-34+/t41-,43-,44-,46-,47+,49+,50-,52+,54-,55+,56+,57-,59-,60+,66-/m1/s1. The summed E-state index contributed by atoms with van der Waals surface area (Å²) in [5.41, 5.74) is 9.85. The molecule has 2 bridgehead atoms. The number of piperazine rings is 1. The van der Waals surface area contributed by atoms with E-state index in [1.807, 2.05) is 44.2 Å². The number of hydrogen-bond acceptors (Lipinski definition) is 21. The lowest BCUT2D eigenvalue weighted by molar-refractivity contribution is -0.265. The molecule has 2 amide bonds. The van der Waals surface area contributed by atoms with Gasteiger partial charge in [0.1, 0.15) is 36.2 Å². The van der Waals surface area contributed by atoms with Gasteiger partial charge in [0.05, 0.1) is 50.4 Å². The van der Waals surface area contributed by atoms with Gasteiger partial charge in [-0.1, -0.05) is 64.2 Å². The normalized spacial score (nSPS) is 34.7. The van der Waals surface area contributed by atoms with Gasteiger partial charge in [-0.15, -0.1) is 0 Å². The number of carbonyl (C=O) groups excluding carboxylic acids is 6. The number of ether oxygens (including phenoxy) is 7. The van der Waals surface area contributed by atoms with Crippen LogP contribution in [0.3, 0.4) is 0 Å². The van der Waals surface area contributed by atoms with Crippen LogP contribution in [-0.4, -0.2) is 223 Å². The topological polar surface area (TPSA) is 292 Å². The Bertz CT molecular complexity index is 2680. The molecular formula is C66H101N7O16. The number of anilines is 1. The van der Waals surface area contributed by atoms with Crippen molar-refractivity contribution in [3.05, 3.63) is 65.1 Å². The molecule has 3 saturated heterocycles. The maximum atomic E-state index is 14.7. The summed E-state index contributed by atoms with van der Waals surface area (Å²) in [7, 11) is 4.77. The first kappa shape index (κ1) is 71.1. The second kappa shape index (κ2) is 33.8. The van der Waals surface area contributed by atoms with Gasteiger partial charge in [-0.2, -0.15) is 0 Å². The number of ketones is 3. The fourth-order valence-corrected chi connectivity index (χ4v) is 13.2. The van der Waals surface area contributed by atoms with E-state index in [1.165, 1.54) is 13.0 Å². The highest BCUT2D eigenvalue weighted by molar-refractivity contribution is 6.39. The highest BCUT2D eigenvalue weighted by Crippen LogP contribution is 2.38. The van der Waals surface area contributed by atoms with E-state index in [9.17, 15) is 44.1 Å². The van der Waals surface area contributed by atoms with Crippen LogP contribution in [0.15, 0.2) is 53.8 Å². The Labute approximate surface area is 525 Å². The fourth-order valence-electron chi connectivity index (χ4n) is 13.2. The van der Waals surface area contributed by atoms with Gasteiger partial charge < -0.3 is 68.9 Å². The van der Waals surface area contributed by atoms with Crippen molar-refractivity contribution in [2.45, 2.75) is 192 Å². The Morgan fingerprint density at radius 1 is 0.831 bits per heavy atom. The van der Waals surface area contributed by atoms with E-state index >= 15 is 0 Å². The molecule has 4 fully saturated rings. The minimum atomic E-state index is -2.49. The average molecular weight is 1250 g/mol. The largest absolute Gasteiger partial charge is 0.459 e. The number of piperidine rings is 1. The Hall–Kier alpha value is -5.34. The van der Waals surface area contributed by atoms with Gasteiger partial charge in [0.2, 0.25) is 11.7 Å². The maximum Gasteiger partial charge on any atom is 0.410 e. The summed E-state index contributed by atoms with van der Waals surface area (Å²) >= 11 is 0. The summed E-state index contributed by atoms with van der Waals surface area (Å²) in [6.07, 6.45) is 9.78. The van der Waals surface area contributed by atoms with Crippen molar-refractivity contribution < 1.29 is 77.2 Å². The molecule has 7 rings (SSSR count). The first-order valence-corrected chi connectivity index (χ1v) is 32.3. The number of nitrogens with zero attached hydrogens (tertiary/aromatic N) is 6. The Kier molecular flexibility index (Phi) is 27.0. The number of methoxy groups -OCH3 is 3. The first-order chi connectivity index (χ1) is 42.5. The number of amides is 2. The van der Waals surface area contributed by atoms with Crippen molar-refractivity contribution in [3.8, 4) is 0 Å². The summed E-state index contributed by atoms with van der Waals surface area (Å²) in [4.78, 5) is 102. The molecule has 6 heterocycles. The molecular weight excluding hydrogens is 1150 g/mol. The number of allylic oxidation sites excluding steroid dienone is 6. The molecule has 5 aliphatic heterocycles. The zero-order valence-electron chi connectivity index (χ0n) is 54.0. The molecule has 0 unspecified atom stereocenters. The second-order valence-corrected chi connectivity index (χ2v) is 25.7. The molecule has 0 radical (unpaired) electrons. The molecule has 0 spiro atoms. The Morgan fingerprint density at radius 2 is 1.60 bits per heavy atom. The molecule has 1 aromatic heterocycles. The van der Waals surface area contributed by atoms with E-state index in [0.29, 0.717) is 96.6 Å². The lowest BCUT2D eigenvalue weighted by Gasteiger charge is -2.42. The number of carbonyl (C=O) groups is 6. The van der Waals surface area contributed by atoms with Gasteiger partial charge in [-0.3, -0.25) is 24.1 Å². The number of aromatic nitrogens is 2. The fraction of sp³-hybridized carbons (Fsp3) is 0.727. The van der Waals surface area contributed by atoms with Crippen LogP contribution >= 0.6 is 0 Å². The number of nitrogens with two attached hydrogens (primary N) is 1.